The van der Waals surface area contributed by atoms with Crippen LogP contribution in [-0.2, 0) is 22.4 Å². The number of halogens is 5. The lowest BCUT2D eigenvalue weighted by atomic mass is 9.86. The highest BCUT2D eigenvalue weighted by Crippen LogP contribution is 2.43. The van der Waals surface area contributed by atoms with Gasteiger partial charge in [0.1, 0.15) is 11.8 Å². The Morgan fingerprint density at radius 1 is 1.26 bits per heavy atom. The highest BCUT2D eigenvalue weighted by Gasteiger charge is 2.41. The van der Waals surface area contributed by atoms with E-state index in [0.717, 1.165) is 11.0 Å². The van der Waals surface area contributed by atoms with E-state index in [0.29, 0.717) is 23.4 Å². The van der Waals surface area contributed by atoms with Crippen molar-refractivity contribution in [3.05, 3.63) is 45.6 Å². The minimum Gasteiger partial charge on any atom is -0.444 e. The Morgan fingerprint density at radius 2 is 1.89 bits per heavy atom. The van der Waals surface area contributed by atoms with E-state index in [-0.39, 0.29) is 17.2 Å². The molecule has 1 aromatic heterocycles. The zero-order valence-electron chi connectivity index (χ0n) is 13.8. The molecule has 0 saturated heterocycles. The normalized spacial score (nSPS) is 14.5. The maximum absolute atomic E-state index is 13.6. The van der Waals surface area contributed by atoms with Gasteiger partial charge in [-0.25, -0.2) is 0 Å². The molecule has 1 fully saturated rings. The van der Waals surface area contributed by atoms with Gasteiger partial charge in [-0.3, -0.25) is 4.79 Å². The topological polar surface area (TPSA) is 55.0 Å². The summed E-state index contributed by atoms with van der Waals surface area (Å²) in [6, 6.07) is 7.63. The Morgan fingerprint density at radius 3 is 2.37 bits per heavy atom. The third kappa shape index (κ3) is 3.78. The smallest absolute Gasteiger partial charge is 0.433 e. The standard InChI is InChI=1S/C18H13Cl2F3N2O2/c19-12-6-4-10(5-7-12)15-13(8-24)14(20)16(18(21,22)23)25(15)9-27-17(26)11-2-1-3-11/h4-7,11H,1-3,9H2. The van der Waals surface area contributed by atoms with Crippen LogP contribution in [0.15, 0.2) is 24.3 Å². The average molecular weight is 417 g/mol. The highest BCUT2D eigenvalue weighted by molar-refractivity contribution is 6.33. The highest BCUT2D eigenvalue weighted by atomic mass is 35.5. The van der Waals surface area contributed by atoms with E-state index < -0.39 is 29.6 Å². The lowest BCUT2D eigenvalue weighted by molar-refractivity contribution is -0.160. The molecule has 4 nitrogen and oxygen atoms in total. The van der Waals surface area contributed by atoms with Crippen LogP contribution in [0.4, 0.5) is 13.2 Å². The molecule has 0 aliphatic heterocycles. The second kappa shape index (κ2) is 7.45. The molecule has 1 saturated carbocycles. The van der Waals surface area contributed by atoms with Gasteiger partial charge in [-0.15, -0.1) is 0 Å². The summed E-state index contributed by atoms with van der Waals surface area (Å²) in [5.74, 6) is -0.848. The minimum atomic E-state index is -4.84. The van der Waals surface area contributed by atoms with Gasteiger partial charge in [0.2, 0.25) is 0 Å². The Hall–Kier alpha value is -2.17. The summed E-state index contributed by atoms with van der Waals surface area (Å²) in [6.07, 6.45) is -2.64. The van der Waals surface area contributed by atoms with Gasteiger partial charge in [0, 0.05) is 5.02 Å². The van der Waals surface area contributed by atoms with E-state index in [9.17, 15) is 23.2 Å². The lowest BCUT2D eigenvalue weighted by Crippen LogP contribution is -2.26. The molecule has 0 atom stereocenters. The number of nitrogens with zero attached hydrogens (tertiary/aromatic N) is 2. The number of hydrogen-bond donors (Lipinski definition) is 0. The summed E-state index contributed by atoms with van der Waals surface area (Å²) in [5, 5.41) is 9.04. The molecule has 3 rings (SSSR count). The van der Waals surface area contributed by atoms with Crippen molar-refractivity contribution in [2.45, 2.75) is 32.2 Å². The number of carbonyl (C=O) groups excluding carboxylic acids is 1. The van der Waals surface area contributed by atoms with Crippen LogP contribution in [0.3, 0.4) is 0 Å². The van der Waals surface area contributed by atoms with E-state index in [2.05, 4.69) is 0 Å². The van der Waals surface area contributed by atoms with Crippen LogP contribution in [0.5, 0.6) is 0 Å². The number of rotatable bonds is 4. The number of aromatic nitrogens is 1. The summed E-state index contributed by atoms with van der Waals surface area (Å²) in [4.78, 5) is 12.0. The number of nitriles is 1. The van der Waals surface area contributed by atoms with Crippen molar-refractivity contribution in [1.29, 1.82) is 5.26 Å². The Labute approximate surface area is 163 Å². The summed E-state index contributed by atoms with van der Waals surface area (Å²) < 4.78 is 46.6. The van der Waals surface area contributed by atoms with Crippen molar-refractivity contribution in [2.75, 3.05) is 0 Å². The number of esters is 1. The molecule has 142 valence electrons. The van der Waals surface area contributed by atoms with Gasteiger partial charge in [-0.2, -0.15) is 18.4 Å². The van der Waals surface area contributed by atoms with E-state index >= 15 is 0 Å². The van der Waals surface area contributed by atoms with Crippen molar-refractivity contribution in [3.63, 3.8) is 0 Å². The van der Waals surface area contributed by atoms with Gasteiger partial charge in [-0.1, -0.05) is 41.8 Å². The van der Waals surface area contributed by atoms with Crippen LogP contribution in [0.2, 0.25) is 10.0 Å². The Kier molecular flexibility index (Phi) is 5.41. The molecule has 0 radical (unpaired) electrons. The maximum atomic E-state index is 13.6. The molecular weight excluding hydrogens is 404 g/mol. The Balaban J connectivity index is 2.10. The first-order valence-electron chi connectivity index (χ1n) is 8.06. The van der Waals surface area contributed by atoms with Gasteiger partial charge in [0.05, 0.1) is 22.2 Å². The number of carbonyl (C=O) groups is 1. The number of benzene rings is 1. The molecule has 0 spiro atoms. The zero-order chi connectivity index (χ0) is 19.8. The van der Waals surface area contributed by atoms with Crippen molar-refractivity contribution in [1.82, 2.24) is 4.57 Å². The molecule has 2 aromatic rings. The first kappa shape index (κ1) is 19.6. The van der Waals surface area contributed by atoms with E-state index in [1.807, 2.05) is 0 Å². The third-order valence-corrected chi connectivity index (χ3v) is 5.10. The van der Waals surface area contributed by atoms with Crippen LogP contribution in [0, 0.1) is 17.2 Å². The summed E-state index contributed by atoms with van der Waals surface area (Å²) in [6.45, 7) is -0.691. The number of hydrogen-bond acceptors (Lipinski definition) is 3. The number of ether oxygens (including phenoxy) is 1. The third-order valence-electron chi connectivity index (χ3n) is 4.48. The van der Waals surface area contributed by atoms with Gasteiger partial charge in [0.25, 0.3) is 0 Å². The summed E-state index contributed by atoms with van der Waals surface area (Å²) >= 11 is 11.7. The molecule has 0 N–H and O–H groups in total. The molecule has 9 heteroatoms. The van der Waals surface area contributed by atoms with Crippen molar-refractivity contribution in [2.24, 2.45) is 5.92 Å². The monoisotopic (exact) mass is 416 g/mol. The van der Waals surface area contributed by atoms with Gasteiger partial charge in [0.15, 0.2) is 6.73 Å². The van der Waals surface area contributed by atoms with Crippen molar-refractivity contribution >= 4 is 29.2 Å². The predicted octanol–water partition coefficient (Wildman–Crippen LogP) is 5.65. The van der Waals surface area contributed by atoms with Crippen molar-refractivity contribution < 1.29 is 22.7 Å². The quantitative estimate of drug-likeness (QED) is 0.604. The molecule has 1 aliphatic carbocycles. The fourth-order valence-corrected chi connectivity index (χ4v) is 3.36. The fraction of sp³-hybridized carbons (Fsp3) is 0.333. The largest absolute Gasteiger partial charge is 0.444 e. The first-order valence-corrected chi connectivity index (χ1v) is 8.81. The van der Waals surface area contributed by atoms with E-state index in [1.54, 1.807) is 6.07 Å². The molecule has 1 aliphatic rings. The van der Waals surface area contributed by atoms with Gasteiger partial charge in [-0.05, 0) is 30.5 Å². The predicted molar refractivity (Wildman–Crippen MR) is 93.0 cm³/mol. The molecule has 27 heavy (non-hydrogen) atoms. The summed E-state index contributed by atoms with van der Waals surface area (Å²) in [7, 11) is 0. The SMILES string of the molecule is N#Cc1c(Cl)c(C(F)(F)F)n(COC(=O)C2CCC2)c1-c1ccc(Cl)cc1. The lowest BCUT2D eigenvalue weighted by Gasteiger charge is -2.24. The van der Waals surface area contributed by atoms with Gasteiger partial charge < -0.3 is 9.30 Å². The van der Waals surface area contributed by atoms with Crippen molar-refractivity contribution in [3.8, 4) is 17.3 Å². The van der Waals surface area contributed by atoms with E-state index in [4.69, 9.17) is 27.9 Å². The van der Waals surface area contributed by atoms with Crippen LogP contribution in [0.1, 0.15) is 30.5 Å². The second-order valence-electron chi connectivity index (χ2n) is 6.15. The zero-order valence-corrected chi connectivity index (χ0v) is 15.3. The maximum Gasteiger partial charge on any atom is 0.433 e. The van der Waals surface area contributed by atoms with Crippen LogP contribution >= 0.6 is 23.2 Å². The second-order valence-corrected chi connectivity index (χ2v) is 6.97. The fourth-order valence-electron chi connectivity index (χ4n) is 2.89. The molecule has 0 amide bonds. The molecule has 0 unspecified atom stereocenters. The molecule has 1 aromatic carbocycles. The number of alkyl halides is 3. The van der Waals surface area contributed by atoms with Gasteiger partial charge >= 0.3 is 12.1 Å². The Bertz CT molecular complexity index is 911. The van der Waals surface area contributed by atoms with Crippen LogP contribution in [0.25, 0.3) is 11.3 Å². The summed E-state index contributed by atoms with van der Waals surface area (Å²) in [5.41, 5.74) is -1.35. The average Bonchev–Trinajstić information content (AvgIpc) is 2.83. The minimum absolute atomic E-state index is 0.0760. The van der Waals surface area contributed by atoms with Crippen LogP contribution < -0.4 is 0 Å². The van der Waals surface area contributed by atoms with Crippen LogP contribution in [-0.4, -0.2) is 10.5 Å². The molecular formula is C18H13Cl2F3N2O2. The molecule has 1 heterocycles. The first-order chi connectivity index (χ1) is 12.7. The molecule has 0 bridgehead atoms. The van der Waals surface area contributed by atoms with E-state index in [1.165, 1.54) is 24.3 Å².